The second-order valence-electron chi connectivity index (χ2n) is 8.87. The summed E-state index contributed by atoms with van der Waals surface area (Å²) in [6.45, 7) is 5.11. The van der Waals surface area contributed by atoms with E-state index in [0.29, 0.717) is 11.1 Å². The molecule has 182 valence electrons. The van der Waals surface area contributed by atoms with Gasteiger partial charge in [0, 0.05) is 17.6 Å². The molecule has 1 aromatic heterocycles. The van der Waals surface area contributed by atoms with Crippen LogP contribution in [-0.2, 0) is 11.3 Å². The average Bonchev–Trinajstić information content (AvgIpc) is 2.77. The lowest BCUT2D eigenvalue weighted by molar-refractivity contribution is -0.123. The van der Waals surface area contributed by atoms with E-state index < -0.39 is 28.5 Å². The van der Waals surface area contributed by atoms with Crippen LogP contribution in [0.1, 0.15) is 36.7 Å². The highest BCUT2D eigenvalue weighted by Crippen LogP contribution is 2.29. The van der Waals surface area contributed by atoms with Crippen molar-refractivity contribution < 1.29 is 22.8 Å². The van der Waals surface area contributed by atoms with Crippen LogP contribution < -0.4 is 15.8 Å². The summed E-state index contributed by atoms with van der Waals surface area (Å²) in [5, 5.41) is 2.79. The van der Waals surface area contributed by atoms with Gasteiger partial charge in [0.1, 0.15) is 0 Å². The Hall–Kier alpha value is -4.13. The maximum Gasteiger partial charge on any atom is 0.454 e. The predicted molar refractivity (Wildman–Crippen MR) is 127 cm³/mol. The molecule has 10 heteroatoms. The minimum atomic E-state index is -5.04. The highest BCUT2D eigenvalue weighted by molar-refractivity contribution is 6.05. The first-order valence-corrected chi connectivity index (χ1v) is 10.5. The number of carbonyl (C=O) groups excluding carboxylic acids is 2. The molecule has 3 aromatic rings. The van der Waals surface area contributed by atoms with Crippen LogP contribution in [0.4, 0.5) is 24.8 Å². The summed E-state index contributed by atoms with van der Waals surface area (Å²) in [7, 11) is 0. The Labute approximate surface area is 199 Å². The fraction of sp³-hybridized carbons (Fsp3) is 0.280. The van der Waals surface area contributed by atoms with Gasteiger partial charge in [0.15, 0.2) is 0 Å². The fourth-order valence-electron chi connectivity index (χ4n) is 3.29. The Bertz CT molecular complexity index is 1380. The number of halogens is 3. The molecule has 0 aliphatic heterocycles. The lowest BCUT2D eigenvalue weighted by atomic mass is 9.96. The van der Waals surface area contributed by atoms with Crippen LogP contribution in [0.25, 0.3) is 10.9 Å². The molecule has 0 saturated heterocycles. The number of H-pyrrole nitrogens is 1. The van der Waals surface area contributed by atoms with E-state index in [2.05, 4.69) is 21.2 Å². The van der Waals surface area contributed by atoms with E-state index in [0.717, 1.165) is 6.07 Å². The SMILES string of the molecule is C#CCN(Cc1ccc2nc(NC(=O)C(C)(C)C)[nH]c(=O)c2c1)c1ccccc1C(=O)C(F)(F)F. The summed E-state index contributed by atoms with van der Waals surface area (Å²) in [4.78, 5) is 45.0. The second-order valence-corrected chi connectivity index (χ2v) is 8.87. The molecule has 0 unspecified atom stereocenters. The van der Waals surface area contributed by atoms with Gasteiger partial charge in [0.05, 0.1) is 23.0 Å². The number of terminal acetylenes is 1. The Morgan fingerprint density at radius 3 is 2.46 bits per heavy atom. The molecule has 0 radical (unpaired) electrons. The quantitative estimate of drug-likeness (QED) is 0.402. The van der Waals surface area contributed by atoms with Gasteiger partial charge in [-0.3, -0.25) is 24.7 Å². The number of alkyl halides is 3. The number of aromatic amines is 1. The van der Waals surface area contributed by atoms with Crippen molar-refractivity contribution in [3.05, 3.63) is 63.9 Å². The summed E-state index contributed by atoms with van der Waals surface area (Å²) in [5.74, 6) is 0.0957. The minimum Gasteiger partial charge on any atom is -0.355 e. The second kappa shape index (κ2) is 9.62. The van der Waals surface area contributed by atoms with Gasteiger partial charge in [-0.25, -0.2) is 4.98 Å². The van der Waals surface area contributed by atoms with Crippen LogP contribution in [0.2, 0.25) is 0 Å². The number of carbonyl (C=O) groups is 2. The first kappa shape index (κ1) is 25.5. The van der Waals surface area contributed by atoms with Crippen LogP contribution in [0.3, 0.4) is 0 Å². The molecule has 2 aromatic carbocycles. The predicted octanol–water partition coefficient (Wildman–Crippen LogP) is 4.29. The third-order valence-corrected chi connectivity index (χ3v) is 5.09. The maximum atomic E-state index is 13.1. The zero-order chi connectivity index (χ0) is 26.0. The van der Waals surface area contributed by atoms with Crippen molar-refractivity contribution in [2.45, 2.75) is 33.5 Å². The molecule has 0 atom stereocenters. The van der Waals surface area contributed by atoms with E-state index in [-0.39, 0.29) is 36.0 Å². The Balaban J connectivity index is 1.96. The summed E-state index contributed by atoms with van der Waals surface area (Å²) in [6.07, 6.45) is 0.394. The number of nitrogens with one attached hydrogen (secondary N) is 2. The van der Waals surface area contributed by atoms with E-state index in [1.807, 2.05) is 0 Å². The minimum absolute atomic E-state index is 0.00345. The highest BCUT2D eigenvalue weighted by atomic mass is 19.4. The molecular formula is C25H23F3N4O3. The summed E-state index contributed by atoms with van der Waals surface area (Å²) in [5.41, 5.74) is -0.812. The molecular weight excluding hydrogens is 461 g/mol. The van der Waals surface area contributed by atoms with E-state index in [1.54, 1.807) is 32.9 Å². The van der Waals surface area contributed by atoms with Crippen LogP contribution in [0.5, 0.6) is 0 Å². The van der Waals surface area contributed by atoms with Crippen molar-refractivity contribution in [2.24, 2.45) is 5.41 Å². The Morgan fingerprint density at radius 2 is 1.83 bits per heavy atom. The molecule has 2 N–H and O–H groups in total. The van der Waals surface area contributed by atoms with Crippen molar-refractivity contribution in [3.63, 3.8) is 0 Å². The normalized spacial score (nSPS) is 11.7. The molecule has 0 aliphatic carbocycles. The van der Waals surface area contributed by atoms with Crippen molar-refractivity contribution in [2.75, 3.05) is 16.8 Å². The number of anilines is 2. The number of amides is 1. The third-order valence-electron chi connectivity index (χ3n) is 5.09. The number of fused-ring (bicyclic) bond motifs is 1. The zero-order valence-electron chi connectivity index (χ0n) is 19.3. The fourth-order valence-corrected chi connectivity index (χ4v) is 3.29. The smallest absolute Gasteiger partial charge is 0.355 e. The standard InChI is InChI=1S/C25H23F3N4O3/c1-5-12-32(19-9-7-6-8-16(19)20(33)25(26,27)28)14-15-10-11-18-17(13-15)21(34)30-23(29-18)31-22(35)24(2,3)4/h1,6-11,13H,12,14H2,2-4H3,(H2,29,30,31,34,35). The number of ketones is 1. The monoisotopic (exact) mass is 484 g/mol. The topological polar surface area (TPSA) is 95.2 Å². The van der Waals surface area contributed by atoms with Gasteiger partial charge >= 0.3 is 6.18 Å². The lowest BCUT2D eigenvalue weighted by Crippen LogP contribution is -2.29. The first-order chi connectivity index (χ1) is 16.3. The van der Waals surface area contributed by atoms with Gasteiger partial charge in [-0.1, -0.05) is 44.9 Å². The van der Waals surface area contributed by atoms with Crippen LogP contribution in [-0.4, -0.2) is 34.4 Å². The van der Waals surface area contributed by atoms with Gasteiger partial charge in [0.2, 0.25) is 11.9 Å². The molecule has 3 rings (SSSR count). The van der Waals surface area contributed by atoms with E-state index in [1.165, 1.54) is 29.2 Å². The van der Waals surface area contributed by atoms with Crippen molar-refractivity contribution >= 4 is 34.2 Å². The van der Waals surface area contributed by atoms with Gasteiger partial charge in [-0.05, 0) is 29.8 Å². The number of Topliss-reactive ketones (excluding diaryl/α,β-unsaturated/α-hetero) is 1. The van der Waals surface area contributed by atoms with Crippen LogP contribution in [0, 0.1) is 17.8 Å². The van der Waals surface area contributed by atoms with Crippen molar-refractivity contribution in [1.29, 1.82) is 0 Å². The molecule has 35 heavy (non-hydrogen) atoms. The number of aromatic nitrogens is 2. The molecule has 0 aliphatic rings. The zero-order valence-corrected chi connectivity index (χ0v) is 19.3. The Morgan fingerprint density at radius 1 is 1.14 bits per heavy atom. The van der Waals surface area contributed by atoms with Gasteiger partial charge in [-0.15, -0.1) is 6.42 Å². The average molecular weight is 484 g/mol. The van der Waals surface area contributed by atoms with Gasteiger partial charge < -0.3 is 4.90 Å². The highest BCUT2D eigenvalue weighted by Gasteiger charge is 2.40. The summed E-state index contributed by atoms with van der Waals surface area (Å²) < 4.78 is 39.3. The lowest BCUT2D eigenvalue weighted by Gasteiger charge is -2.25. The third kappa shape index (κ3) is 5.87. The van der Waals surface area contributed by atoms with Crippen LogP contribution >= 0.6 is 0 Å². The van der Waals surface area contributed by atoms with Gasteiger partial charge in [0.25, 0.3) is 11.3 Å². The molecule has 0 fully saturated rings. The van der Waals surface area contributed by atoms with Crippen molar-refractivity contribution in [3.8, 4) is 12.3 Å². The number of hydrogen-bond donors (Lipinski definition) is 2. The number of rotatable bonds is 6. The number of nitrogens with zero attached hydrogens (tertiary/aromatic N) is 2. The van der Waals surface area contributed by atoms with E-state index >= 15 is 0 Å². The number of hydrogen-bond acceptors (Lipinski definition) is 5. The Kier molecular flexibility index (Phi) is 7.01. The summed E-state index contributed by atoms with van der Waals surface area (Å²) in [6, 6.07) is 10.1. The molecule has 0 saturated carbocycles. The molecule has 7 nitrogen and oxygen atoms in total. The largest absolute Gasteiger partial charge is 0.454 e. The van der Waals surface area contributed by atoms with E-state index in [9.17, 15) is 27.6 Å². The molecule has 1 amide bonds. The first-order valence-electron chi connectivity index (χ1n) is 10.5. The maximum absolute atomic E-state index is 13.1. The summed E-state index contributed by atoms with van der Waals surface area (Å²) >= 11 is 0. The molecule has 0 spiro atoms. The molecule has 0 bridgehead atoms. The number of para-hydroxylation sites is 1. The molecule has 1 heterocycles. The van der Waals surface area contributed by atoms with Crippen LogP contribution in [0.15, 0.2) is 47.3 Å². The van der Waals surface area contributed by atoms with E-state index in [4.69, 9.17) is 6.42 Å². The van der Waals surface area contributed by atoms with Gasteiger partial charge in [-0.2, -0.15) is 13.2 Å². The van der Waals surface area contributed by atoms with Crippen molar-refractivity contribution in [1.82, 2.24) is 9.97 Å². The number of benzene rings is 2.